The van der Waals surface area contributed by atoms with Crippen molar-refractivity contribution in [2.24, 2.45) is 11.5 Å². The molecule has 0 aromatic heterocycles. The lowest BCUT2D eigenvalue weighted by Crippen LogP contribution is -2.37. The molecule has 9 heteroatoms. The standard InChI is InChI=1S/C11H15N3O5S/c12-9(11(13)16)4-5-10(15)14-7-2-1-3-8(6-7)20(17,18)19/h1-3,6,9H,4-5,12H2,(H2,13,16)(H,14,15)(H,17,18,19)/t9-/m0/s1. The van der Waals surface area contributed by atoms with Crippen LogP contribution in [0.15, 0.2) is 29.2 Å². The average molecular weight is 301 g/mol. The van der Waals surface area contributed by atoms with Crippen molar-refractivity contribution in [3.63, 3.8) is 0 Å². The zero-order chi connectivity index (χ0) is 15.3. The van der Waals surface area contributed by atoms with Crippen LogP contribution in [0.2, 0.25) is 0 Å². The van der Waals surface area contributed by atoms with E-state index < -0.39 is 28.0 Å². The smallest absolute Gasteiger partial charge is 0.294 e. The van der Waals surface area contributed by atoms with E-state index in [0.717, 1.165) is 6.07 Å². The Labute approximate surface area is 115 Å². The van der Waals surface area contributed by atoms with Crippen molar-refractivity contribution >= 4 is 27.6 Å². The minimum absolute atomic E-state index is 0.0415. The summed E-state index contributed by atoms with van der Waals surface area (Å²) in [6.45, 7) is 0. The van der Waals surface area contributed by atoms with E-state index in [4.69, 9.17) is 16.0 Å². The number of anilines is 1. The highest BCUT2D eigenvalue weighted by Gasteiger charge is 2.13. The Bertz CT molecular complexity index is 614. The monoisotopic (exact) mass is 301 g/mol. The molecule has 0 bridgehead atoms. The molecular formula is C11H15N3O5S. The Morgan fingerprint density at radius 3 is 2.55 bits per heavy atom. The molecule has 1 rings (SSSR count). The molecule has 1 atom stereocenters. The molecule has 0 saturated carbocycles. The normalized spacial score (nSPS) is 12.7. The fourth-order valence-electron chi connectivity index (χ4n) is 1.39. The first-order valence-electron chi connectivity index (χ1n) is 5.62. The van der Waals surface area contributed by atoms with Crippen LogP contribution in [0.4, 0.5) is 5.69 Å². The van der Waals surface area contributed by atoms with Crippen LogP contribution >= 0.6 is 0 Å². The van der Waals surface area contributed by atoms with Gasteiger partial charge in [-0.25, -0.2) is 0 Å². The van der Waals surface area contributed by atoms with Crippen molar-refractivity contribution in [2.45, 2.75) is 23.8 Å². The number of carbonyl (C=O) groups is 2. The van der Waals surface area contributed by atoms with Gasteiger partial charge >= 0.3 is 0 Å². The van der Waals surface area contributed by atoms with Crippen LogP contribution < -0.4 is 16.8 Å². The Balaban J connectivity index is 2.65. The molecule has 20 heavy (non-hydrogen) atoms. The average Bonchev–Trinajstić information content (AvgIpc) is 2.35. The Morgan fingerprint density at radius 2 is 2.00 bits per heavy atom. The number of rotatable bonds is 6. The lowest BCUT2D eigenvalue weighted by atomic mass is 10.1. The van der Waals surface area contributed by atoms with Gasteiger partial charge in [-0.15, -0.1) is 0 Å². The highest BCUT2D eigenvalue weighted by atomic mass is 32.2. The van der Waals surface area contributed by atoms with Crippen LogP contribution in [0.5, 0.6) is 0 Å². The molecule has 0 saturated heterocycles. The molecule has 0 fully saturated rings. The fraction of sp³-hybridized carbons (Fsp3) is 0.273. The zero-order valence-corrected chi connectivity index (χ0v) is 11.3. The number of benzene rings is 1. The first-order chi connectivity index (χ1) is 9.20. The Hall–Kier alpha value is -1.97. The molecule has 1 aromatic rings. The second-order valence-electron chi connectivity index (χ2n) is 4.10. The van der Waals surface area contributed by atoms with Crippen LogP contribution in [0.3, 0.4) is 0 Å². The van der Waals surface area contributed by atoms with Crippen molar-refractivity contribution in [3.8, 4) is 0 Å². The molecule has 0 unspecified atom stereocenters. The van der Waals surface area contributed by atoms with Gasteiger partial charge in [0.05, 0.1) is 10.9 Å². The van der Waals surface area contributed by atoms with E-state index in [1.165, 1.54) is 18.2 Å². The van der Waals surface area contributed by atoms with E-state index in [2.05, 4.69) is 5.32 Å². The van der Waals surface area contributed by atoms with E-state index in [-0.39, 0.29) is 23.4 Å². The molecule has 0 spiro atoms. The van der Waals surface area contributed by atoms with Crippen LogP contribution in [-0.2, 0) is 19.7 Å². The zero-order valence-electron chi connectivity index (χ0n) is 10.4. The molecule has 0 aliphatic carbocycles. The van der Waals surface area contributed by atoms with Gasteiger partial charge in [-0.1, -0.05) is 6.07 Å². The van der Waals surface area contributed by atoms with Gasteiger partial charge in [-0.3, -0.25) is 14.1 Å². The van der Waals surface area contributed by atoms with Crippen LogP contribution in [0.25, 0.3) is 0 Å². The second kappa shape index (κ2) is 6.46. The summed E-state index contributed by atoms with van der Waals surface area (Å²) in [5.74, 6) is -1.15. The number of carbonyl (C=O) groups excluding carboxylic acids is 2. The topological polar surface area (TPSA) is 153 Å². The SMILES string of the molecule is NC(=O)[C@@H](N)CCC(=O)Nc1cccc(S(=O)(=O)O)c1. The van der Waals surface area contributed by atoms with Gasteiger partial charge in [0.25, 0.3) is 10.1 Å². The third kappa shape index (κ3) is 4.96. The predicted molar refractivity (Wildman–Crippen MR) is 71.3 cm³/mol. The maximum atomic E-state index is 11.6. The van der Waals surface area contributed by atoms with E-state index in [0.29, 0.717) is 0 Å². The molecule has 6 N–H and O–H groups in total. The van der Waals surface area contributed by atoms with E-state index in [1.54, 1.807) is 0 Å². The molecule has 0 heterocycles. The number of hydrogen-bond acceptors (Lipinski definition) is 5. The Kier molecular flexibility index (Phi) is 5.19. The van der Waals surface area contributed by atoms with Gasteiger partial charge in [-0.05, 0) is 24.6 Å². The van der Waals surface area contributed by atoms with Gasteiger partial charge in [0.15, 0.2) is 0 Å². The number of nitrogens with two attached hydrogens (primary N) is 2. The first-order valence-corrected chi connectivity index (χ1v) is 7.06. The maximum Gasteiger partial charge on any atom is 0.294 e. The minimum atomic E-state index is -4.33. The van der Waals surface area contributed by atoms with Gasteiger partial charge in [0, 0.05) is 12.1 Å². The summed E-state index contributed by atoms with van der Waals surface area (Å²) in [4.78, 5) is 21.9. The van der Waals surface area contributed by atoms with Crippen LogP contribution in [0, 0.1) is 0 Å². The number of amides is 2. The quantitative estimate of drug-likeness (QED) is 0.518. The first kappa shape index (κ1) is 16.1. The van der Waals surface area contributed by atoms with Crippen molar-refractivity contribution in [3.05, 3.63) is 24.3 Å². The van der Waals surface area contributed by atoms with E-state index in [9.17, 15) is 18.0 Å². The molecule has 0 radical (unpaired) electrons. The minimum Gasteiger partial charge on any atom is -0.368 e. The number of hydrogen-bond donors (Lipinski definition) is 4. The Morgan fingerprint density at radius 1 is 1.35 bits per heavy atom. The van der Waals surface area contributed by atoms with Crippen molar-refractivity contribution in [2.75, 3.05) is 5.32 Å². The largest absolute Gasteiger partial charge is 0.368 e. The molecule has 110 valence electrons. The number of primary amides is 1. The van der Waals surface area contributed by atoms with Gasteiger partial charge in [-0.2, -0.15) is 8.42 Å². The molecule has 1 aromatic carbocycles. The summed E-state index contributed by atoms with van der Waals surface area (Å²) < 4.78 is 30.7. The van der Waals surface area contributed by atoms with Gasteiger partial charge in [0.1, 0.15) is 0 Å². The third-order valence-corrected chi connectivity index (χ3v) is 3.31. The molecule has 0 aliphatic heterocycles. The highest BCUT2D eigenvalue weighted by Crippen LogP contribution is 2.15. The summed E-state index contributed by atoms with van der Waals surface area (Å²) in [5, 5.41) is 2.43. The van der Waals surface area contributed by atoms with E-state index in [1.807, 2.05) is 0 Å². The van der Waals surface area contributed by atoms with Crippen molar-refractivity contribution in [1.29, 1.82) is 0 Å². The lowest BCUT2D eigenvalue weighted by Gasteiger charge is -2.08. The molecular weight excluding hydrogens is 286 g/mol. The van der Waals surface area contributed by atoms with Crippen molar-refractivity contribution in [1.82, 2.24) is 0 Å². The van der Waals surface area contributed by atoms with Crippen LogP contribution in [0.1, 0.15) is 12.8 Å². The fourth-order valence-corrected chi connectivity index (χ4v) is 1.91. The summed E-state index contributed by atoms with van der Waals surface area (Å²) >= 11 is 0. The third-order valence-electron chi connectivity index (χ3n) is 2.46. The summed E-state index contributed by atoms with van der Waals surface area (Å²) in [7, 11) is -4.33. The van der Waals surface area contributed by atoms with Crippen molar-refractivity contribution < 1.29 is 22.6 Å². The summed E-state index contributed by atoms with van der Waals surface area (Å²) in [5.41, 5.74) is 10.5. The molecule has 0 aliphatic rings. The molecule has 2 amide bonds. The van der Waals surface area contributed by atoms with Gasteiger partial charge in [0.2, 0.25) is 11.8 Å². The maximum absolute atomic E-state index is 11.6. The van der Waals surface area contributed by atoms with E-state index >= 15 is 0 Å². The van der Waals surface area contributed by atoms with Crippen LogP contribution in [-0.4, -0.2) is 30.8 Å². The number of nitrogens with one attached hydrogen (secondary N) is 1. The second-order valence-corrected chi connectivity index (χ2v) is 5.52. The summed E-state index contributed by atoms with van der Waals surface area (Å²) in [6, 6.07) is 4.22. The summed E-state index contributed by atoms with van der Waals surface area (Å²) in [6.07, 6.45) is 0.0410. The molecule has 8 nitrogen and oxygen atoms in total. The lowest BCUT2D eigenvalue weighted by molar-refractivity contribution is -0.119. The predicted octanol–water partition coefficient (Wildman–Crippen LogP) is -0.535. The van der Waals surface area contributed by atoms with Gasteiger partial charge < -0.3 is 16.8 Å². The highest BCUT2D eigenvalue weighted by molar-refractivity contribution is 7.85.